The average Bonchev–Trinajstić information content (AvgIpc) is 3.13. The highest BCUT2D eigenvalue weighted by Gasteiger charge is 2.23. The molecule has 0 aliphatic carbocycles. The molecule has 1 N–H and O–H groups in total. The minimum atomic E-state index is -0.211. The van der Waals surface area contributed by atoms with Crippen LogP contribution in [0.4, 0.5) is 9.93 Å². The number of furan rings is 1. The number of aryl methyl sites for hydroxylation is 1. The molecule has 3 aromatic rings. The van der Waals surface area contributed by atoms with E-state index in [0.717, 1.165) is 21.7 Å². The molecule has 0 aliphatic rings. The molecule has 0 saturated heterocycles. The van der Waals surface area contributed by atoms with Crippen LogP contribution < -0.4 is 5.32 Å². The van der Waals surface area contributed by atoms with Crippen LogP contribution in [0.5, 0.6) is 0 Å². The number of nitrogens with zero attached hydrogens (tertiary/aromatic N) is 3. The highest BCUT2D eigenvalue weighted by Crippen LogP contribution is 2.28. The first-order valence-electron chi connectivity index (χ1n) is 7.44. The van der Waals surface area contributed by atoms with Crippen molar-refractivity contribution >= 4 is 33.5 Å². The number of para-hydroxylation sites is 1. The molecule has 0 aliphatic heterocycles. The Morgan fingerprint density at radius 1 is 1.39 bits per heavy atom. The molecule has 0 radical (unpaired) electrons. The zero-order valence-electron chi connectivity index (χ0n) is 13.2. The standard InChI is InChI=1S/C16H18N4O2S/c1-4-20(16(21)17-15-19-18-11(3)23-15)10(2)14-9-12-7-5-6-8-13(12)22-14/h5-10H,4H2,1-3H3,(H,17,19,21)/t10-/m1/s1. The summed E-state index contributed by atoms with van der Waals surface area (Å²) in [5.41, 5.74) is 0.825. The van der Waals surface area contributed by atoms with E-state index in [-0.39, 0.29) is 12.1 Å². The highest BCUT2D eigenvalue weighted by atomic mass is 32.1. The number of hydrogen-bond acceptors (Lipinski definition) is 5. The molecule has 3 rings (SSSR count). The lowest BCUT2D eigenvalue weighted by molar-refractivity contribution is 0.189. The van der Waals surface area contributed by atoms with Crippen LogP contribution in [0.1, 0.15) is 30.7 Å². The van der Waals surface area contributed by atoms with Crippen molar-refractivity contribution in [3.63, 3.8) is 0 Å². The second-order valence-electron chi connectivity index (χ2n) is 5.20. The first kappa shape index (κ1) is 15.5. The first-order valence-corrected chi connectivity index (χ1v) is 8.26. The zero-order valence-corrected chi connectivity index (χ0v) is 14.1. The van der Waals surface area contributed by atoms with Gasteiger partial charge in [0.1, 0.15) is 16.4 Å². The molecular formula is C16H18N4O2S. The van der Waals surface area contributed by atoms with Gasteiger partial charge in [0, 0.05) is 11.9 Å². The van der Waals surface area contributed by atoms with E-state index in [0.29, 0.717) is 11.7 Å². The second kappa shape index (κ2) is 6.37. The number of rotatable bonds is 4. The average molecular weight is 330 g/mol. The second-order valence-corrected chi connectivity index (χ2v) is 6.39. The van der Waals surface area contributed by atoms with Crippen LogP contribution in [0.15, 0.2) is 34.7 Å². The van der Waals surface area contributed by atoms with Crippen LogP contribution in [0.2, 0.25) is 0 Å². The number of aromatic nitrogens is 2. The maximum absolute atomic E-state index is 12.5. The third-order valence-electron chi connectivity index (χ3n) is 3.67. The molecule has 120 valence electrons. The molecular weight excluding hydrogens is 312 g/mol. The van der Waals surface area contributed by atoms with E-state index >= 15 is 0 Å². The summed E-state index contributed by atoms with van der Waals surface area (Å²) in [6, 6.07) is 9.40. The van der Waals surface area contributed by atoms with Crippen LogP contribution in [-0.2, 0) is 0 Å². The number of carbonyl (C=O) groups excluding carboxylic acids is 1. The van der Waals surface area contributed by atoms with Crippen LogP contribution in [0, 0.1) is 6.92 Å². The van der Waals surface area contributed by atoms with E-state index in [1.807, 2.05) is 51.1 Å². The SMILES string of the molecule is CCN(C(=O)Nc1nnc(C)s1)[C@H](C)c1cc2ccccc2o1. The number of anilines is 1. The van der Waals surface area contributed by atoms with Crippen LogP contribution >= 0.6 is 11.3 Å². The molecule has 2 amide bonds. The minimum absolute atomic E-state index is 0.179. The van der Waals surface area contributed by atoms with Crippen LogP contribution in [0.3, 0.4) is 0 Å². The molecule has 2 aromatic heterocycles. The third-order valence-corrected chi connectivity index (χ3v) is 4.42. The molecule has 6 nitrogen and oxygen atoms in total. The van der Waals surface area contributed by atoms with Gasteiger partial charge in [-0.25, -0.2) is 4.79 Å². The molecule has 0 spiro atoms. The molecule has 7 heteroatoms. The summed E-state index contributed by atoms with van der Waals surface area (Å²) < 4.78 is 5.87. The van der Waals surface area contributed by atoms with Gasteiger partial charge in [-0.15, -0.1) is 10.2 Å². The van der Waals surface area contributed by atoms with Crippen molar-refractivity contribution in [1.29, 1.82) is 0 Å². The fourth-order valence-electron chi connectivity index (χ4n) is 2.47. The fraction of sp³-hybridized carbons (Fsp3) is 0.312. The van der Waals surface area contributed by atoms with Crippen LogP contribution in [0.25, 0.3) is 11.0 Å². The van der Waals surface area contributed by atoms with Crippen LogP contribution in [-0.4, -0.2) is 27.7 Å². The summed E-state index contributed by atoms with van der Waals surface area (Å²) in [6.45, 7) is 6.29. The number of amides is 2. The van der Waals surface area contributed by atoms with Crippen molar-refractivity contribution in [2.45, 2.75) is 26.8 Å². The van der Waals surface area contributed by atoms with E-state index in [1.165, 1.54) is 11.3 Å². The smallest absolute Gasteiger partial charge is 0.324 e. The maximum Gasteiger partial charge on any atom is 0.324 e. The number of urea groups is 1. The van der Waals surface area contributed by atoms with Gasteiger partial charge in [0.05, 0.1) is 6.04 Å². The van der Waals surface area contributed by atoms with Gasteiger partial charge in [-0.2, -0.15) is 0 Å². The maximum atomic E-state index is 12.5. The van der Waals surface area contributed by atoms with Gasteiger partial charge in [-0.3, -0.25) is 5.32 Å². The topological polar surface area (TPSA) is 71.3 Å². The lowest BCUT2D eigenvalue weighted by Gasteiger charge is -2.26. The summed E-state index contributed by atoms with van der Waals surface area (Å²) in [5.74, 6) is 0.761. The lowest BCUT2D eigenvalue weighted by atomic mass is 10.2. The van der Waals surface area contributed by atoms with Gasteiger partial charge < -0.3 is 9.32 Å². The van der Waals surface area contributed by atoms with Crippen molar-refractivity contribution in [3.05, 3.63) is 41.1 Å². The summed E-state index contributed by atoms with van der Waals surface area (Å²) >= 11 is 1.35. The predicted octanol–water partition coefficient (Wildman–Crippen LogP) is 4.21. The molecule has 23 heavy (non-hydrogen) atoms. The van der Waals surface area contributed by atoms with Crippen molar-refractivity contribution in [2.75, 3.05) is 11.9 Å². The normalized spacial score (nSPS) is 12.3. The van der Waals surface area contributed by atoms with E-state index in [1.54, 1.807) is 4.90 Å². The lowest BCUT2D eigenvalue weighted by Crippen LogP contribution is -2.36. The fourth-order valence-corrected chi connectivity index (χ4v) is 3.05. The zero-order chi connectivity index (χ0) is 16.4. The number of benzene rings is 1. The monoisotopic (exact) mass is 330 g/mol. The molecule has 1 atom stereocenters. The Kier molecular flexibility index (Phi) is 4.29. The minimum Gasteiger partial charge on any atom is -0.459 e. The molecule has 0 fully saturated rings. The van der Waals surface area contributed by atoms with E-state index < -0.39 is 0 Å². The quantitative estimate of drug-likeness (QED) is 0.778. The Balaban J connectivity index is 1.79. The van der Waals surface area contributed by atoms with Crippen molar-refractivity contribution in [2.24, 2.45) is 0 Å². The van der Waals surface area contributed by atoms with E-state index in [2.05, 4.69) is 15.5 Å². The molecule has 0 unspecified atom stereocenters. The third kappa shape index (κ3) is 3.19. The van der Waals surface area contributed by atoms with Gasteiger partial charge >= 0.3 is 6.03 Å². The Bertz CT molecular complexity index is 793. The highest BCUT2D eigenvalue weighted by molar-refractivity contribution is 7.15. The van der Waals surface area contributed by atoms with Gasteiger partial charge in [0.2, 0.25) is 5.13 Å². The summed E-state index contributed by atoms with van der Waals surface area (Å²) in [4.78, 5) is 14.2. The number of fused-ring (bicyclic) bond motifs is 1. The van der Waals surface area contributed by atoms with Crippen molar-refractivity contribution in [3.8, 4) is 0 Å². The Labute approximate surface area is 138 Å². The predicted molar refractivity (Wildman–Crippen MR) is 90.7 cm³/mol. The van der Waals surface area contributed by atoms with Crippen molar-refractivity contribution in [1.82, 2.24) is 15.1 Å². The van der Waals surface area contributed by atoms with Gasteiger partial charge in [-0.1, -0.05) is 29.5 Å². The molecule has 2 heterocycles. The number of nitrogens with one attached hydrogen (secondary N) is 1. The number of carbonyl (C=O) groups is 1. The Morgan fingerprint density at radius 3 is 2.83 bits per heavy atom. The van der Waals surface area contributed by atoms with E-state index in [9.17, 15) is 4.79 Å². The molecule has 0 saturated carbocycles. The molecule has 0 bridgehead atoms. The summed E-state index contributed by atoms with van der Waals surface area (Å²) in [6.07, 6.45) is 0. The summed E-state index contributed by atoms with van der Waals surface area (Å²) in [5, 5.41) is 13.0. The Morgan fingerprint density at radius 2 is 2.17 bits per heavy atom. The van der Waals surface area contributed by atoms with Gasteiger partial charge in [0.15, 0.2) is 0 Å². The van der Waals surface area contributed by atoms with Gasteiger partial charge in [-0.05, 0) is 32.9 Å². The van der Waals surface area contributed by atoms with Crippen molar-refractivity contribution < 1.29 is 9.21 Å². The van der Waals surface area contributed by atoms with E-state index in [4.69, 9.17) is 4.42 Å². The summed E-state index contributed by atoms with van der Waals surface area (Å²) in [7, 11) is 0. The Hall–Kier alpha value is -2.41. The largest absolute Gasteiger partial charge is 0.459 e. The molecule has 1 aromatic carbocycles. The number of hydrogen-bond donors (Lipinski definition) is 1. The first-order chi connectivity index (χ1) is 11.1. The van der Waals surface area contributed by atoms with Gasteiger partial charge in [0.25, 0.3) is 0 Å².